The smallest absolute Gasteiger partial charge is 0.410 e. The van der Waals surface area contributed by atoms with E-state index in [9.17, 15) is 9.59 Å². The molecule has 0 bridgehead atoms. The number of nitrogens with zero attached hydrogens (tertiary/aromatic N) is 2. The lowest BCUT2D eigenvalue weighted by atomic mass is 10.1. The van der Waals surface area contributed by atoms with E-state index in [1.807, 2.05) is 27.7 Å². The van der Waals surface area contributed by atoms with Gasteiger partial charge in [0.25, 0.3) is 5.91 Å². The minimum Gasteiger partial charge on any atom is -0.492 e. The maximum absolute atomic E-state index is 13.1. The molecule has 0 fully saturated rings. The molecule has 2 heterocycles. The molecule has 0 radical (unpaired) electrons. The second kappa shape index (κ2) is 10.9. The molecule has 36 heavy (non-hydrogen) atoms. The van der Waals surface area contributed by atoms with Crippen LogP contribution in [-0.2, 0) is 17.6 Å². The van der Waals surface area contributed by atoms with E-state index in [0.717, 1.165) is 42.5 Å². The monoisotopic (exact) mass is 494 g/mol. The first-order valence-corrected chi connectivity index (χ1v) is 12.4. The molecule has 4 rings (SSSR count). The molecule has 2 amide bonds. The molecule has 9 heteroatoms. The van der Waals surface area contributed by atoms with E-state index in [1.165, 1.54) is 0 Å². The van der Waals surface area contributed by atoms with Gasteiger partial charge in [-0.25, -0.2) is 4.79 Å². The minimum atomic E-state index is -0.541. The number of anilines is 1. The summed E-state index contributed by atoms with van der Waals surface area (Å²) < 4.78 is 16.8. The maximum atomic E-state index is 13.1. The lowest BCUT2D eigenvalue weighted by molar-refractivity contribution is 0.0226. The Bertz CT molecular complexity index is 1190. The van der Waals surface area contributed by atoms with Crippen molar-refractivity contribution in [1.29, 1.82) is 0 Å². The highest BCUT2D eigenvalue weighted by Crippen LogP contribution is 2.35. The summed E-state index contributed by atoms with van der Waals surface area (Å²) in [7, 11) is 0. The maximum Gasteiger partial charge on any atom is 0.410 e. The number of fused-ring (bicyclic) bond motifs is 3. The number of rotatable bonds is 8. The van der Waals surface area contributed by atoms with Crippen molar-refractivity contribution in [3.63, 3.8) is 0 Å². The van der Waals surface area contributed by atoms with Gasteiger partial charge in [-0.2, -0.15) is 0 Å². The highest BCUT2D eigenvalue weighted by Gasteiger charge is 2.26. The topological polar surface area (TPSA) is 110 Å². The molecule has 0 atom stereocenters. The van der Waals surface area contributed by atoms with Crippen LogP contribution in [0.5, 0.6) is 5.75 Å². The van der Waals surface area contributed by atoms with Gasteiger partial charge in [0.2, 0.25) is 0 Å². The number of amides is 2. The van der Waals surface area contributed by atoms with Gasteiger partial charge in [0.1, 0.15) is 18.0 Å². The van der Waals surface area contributed by atoms with Gasteiger partial charge in [0, 0.05) is 29.7 Å². The average molecular weight is 495 g/mol. The lowest BCUT2D eigenvalue weighted by Crippen LogP contribution is -2.39. The van der Waals surface area contributed by atoms with Gasteiger partial charge in [-0.15, -0.1) is 0 Å². The van der Waals surface area contributed by atoms with E-state index in [-0.39, 0.29) is 12.0 Å². The van der Waals surface area contributed by atoms with Gasteiger partial charge < -0.3 is 29.2 Å². The Morgan fingerprint density at radius 3 is 2.67 bits per heavy atom. The van der Waals surface area contributed by atoms with E-state index < -0.39 is 5.60 Å². The number of hydrogen-bond acceptors (Lipinski definition) is 6. The van der Waals surface area contributed by atoms with Crippen molar-refractivity contribution in [1.82, 2.24) is 15.0 Å². The molecular weight excluding hydrogens is 460 g/mol. The first-order chi connectivity index (χ1) is 17.2. The largest absolute Gasteiger partial charge is 0.492 e. The van der Waals surface area contributed by atoms with Crippen LogP contribution in [0.3, 0.4) is 0 Å². The normalized spacial score (nSPS) is 12.8. The van der Waals surface area contributed by atoms with Gasteiger partial charge in [-0.3, -0.25) is 4.79 Å². The summed E-state index contributed by atoms with van der Waals surface area (Å²) in [4.78, 5) is 30.3. The molecule has 2 aromatic heterocycles. The quantitative estimate of drug-likeness (QED) is 0.432. The van der Waals surface area contributed by atoms with Gasteiger partial charge in [0.05, 0.1) is 23.9 Å². The molecule has 3 aromatic rings. The van der Waals surface area contributed by atoms with Gasteiger partial charge >= 0.3 is 6.09 Å². The van der Waals surface area contributed by atoms with Crippen LogP contribution in [-0.4, -0.2) is 52.3 Å². The number of benzene rings is 1. The number of aromatic amines is 1. The number of nitrogens with one attached hydrogen (secondary N) is 2. The fourth-order valence-corrected chi connectivity index (χ4v) is 4.20. The molecule has 0 saturated heterocycles. The van der Waals surface area contributed by atoms with Gasteiger partial charge in [0.15, 0.2) is 5.76 Å². The van der Waals surface area contributed by atoms with E-state index in [4.69, 9.17) is 14.0 Å². The van der Waals surface area contributed by atoms with Crippen LogP contribution in [0.15, 0.2) is 41.2 Å². The van der Waals surface area contributed by atoms with Gasteiger partial charge in [-0.05, 0) is 70.7 Å². The molecule has 1 aliphatic carbocycles. The number of aryl methyl sites for hydroxylation is 2. The molecule has 0 spiro atoms. The summed E-state index contributed by atoms with van der Waals surface area (Å²) in [6.45, 7) is 8.92. The zero-order valence-electron chi connectivity index (χ0n) is 21.3. The second-order valence-corrected chi connectivity index (χ2v) is 9.88. The van der Waals surface area contributed by atoms with Crippen LogP contribution in [0, 0.1) is 0 Å². The minimum absolute atomic E-state index is 0.224. The van der Waals surface area contributed by atoms with E-state index in [0.29, 0.717) is 42.5 Å². The number of H-pyrrole nitrogens is 1. The number of hydrogen-bond donors (Lipinski definition) is 2. The van der Waals surface area contributed by atoms with Crippen molar-refractivity contribution in [2.45, 2.75) is 59.0 Å². The fourth-order valence-electron chi connectivity index (χ4n) is 4.20. The number of ether oxygens (including phenoxy) is 2. The molecule has 0 unspecified atom stereocenters. The summed E-state index contributed by atoms with van der Waals surface area (Å²) in [6.07, 6.45) is 6.63. The van der Waals surface area contributed by atoms with E-state index in [1.54, 1.807) is 41.6 Å². The zero-order chi connectivity index (χ0) is 25.7. The van der Waals surface area contributed by atoms with Crippen LogP contribution in [0.1, 0.15) is 62.2 Å². The van der Waals surface area contributed by atoms with Crippen molar-refractivity contribution in [2.75, 3.05) is 25.0 Å². The third kappa shape index (κ3) is 6.08. The molecule has 1 aromatic carbocycles. The summed E-state index contributed by atoms with van der Waals surface area (Å²) in [5.41, 5.74) is 3.44. The highest BCUT2D eigenvalue weighted by molar-refractivity contribution is 6.09. The van der Waals surface area contributed by atoms with Crippen molar-refractivity contribution in [3.05, 3.63) is 53.5 Å². The van der Waals surface area contributed by atoms with Crippen LogP contribution >= 0.6 is 0 Å². The standard InChI is InChI=1S/C27H34N4O5/c1-5-13-31(26(33)35-27(2,3)4)14-15-34-20-11-9-19(10-12-20)30-25(32)21-17-28-22-8-6-7-18-16-29-36-24(18)23(21)22/h9-12,16-17,28H,5-8,13-15H2,1-4H3,(H,30,32). The van der Waals surface area contributed by atoms with Crippen LogP contribution in [0.4, 0.5) is 10.5 Å². The molecule has 0 aliphatic heterocycles. The Morgan fingerprint density at radius 2 is 1.94 bits per heavy atom. The van der Waals surface area contributed by atoms with Crippen molar-refractivity contribution >= 4 is 17.7 Å². The van der Waals surface area contributed by atoms with Crippen molar-refractivity contribution in [3.8, 4) is 17.1 Å². The highest BCUT2D eigenvalue weighted by atomic mass is 16.6. The first-order valence-electron chi connectivity index (χ1n) is 12.4. The van der Waals surface area contributed by atoms with Crippen molar-refractivity contribution in [2.24, 2.45) is 0 Å². The lowest BCUT2D eigenvalue weighted by Gasteiger charge is -2.27. The van der Waals surface area contributed by atoms with Crippen LogP contribution < -0.4 is 10.1 Å². The summed E-state index contributed by atoms with van der Waals surface area (Å²) >= 11 is 0. The fraction of sp³-hybridized carbons (Fsp3) is 0.444. The Balaban J connectivity index is 1.34. The molecular formula is C27H34N4O5. The third-order valence-corrected chi connectivity index (χ3v) is 5.84. The SMILES string of the molecule is CCCN(CCOc1ccc(NC(=O)c2c[nH]c3c2-c2oncc2CCC3)cc1)C(=O)OC(C)(C)C. The molecule has 2 N–H and O–H groups in total. The Kier molecular flexibility index (Phi) is 7.67. The zero-order valence-corrected chi connectivity index (χ0v) is 21.3. The second-order valence-electron chi connectivity index (χ2n) is 9.88. The van der Waals surface area contributed by atoms with Gasteiger partial charge in [-0.1, -0.05) is 12.1 Å². The number of aromatic nitrogens is 2. The third-order valence-electron chi connectivity index (χ3n) is 5.84. The van der Waals surface area contributed by atoms with E-state index in [2.05, 4.69) is 15.5 Å². The predicted octanol–water partition coefficient (Wildman–Crippen LogP) is 5.44. The van der Waals surface area contributed by atoms with Crippen LogP contribution in [0.2, 0.25) is 0 Å². The average Bonchev–Trinajstić information content (AvgIpc) is 3.42. The van der Waals surface area contributed by atoms with Crippen molar-refractivity contribution < 1.29 is 23.6 Å². The molecule has 0 saturated carbocycles. The number of carbonyl (C=O) groups excluding carboxylic acids is 2. The molecule has 9 nitrogen and oxygen atoms in total. The van der Waals surface area contributed by atoms with E-state index >= 15 is 0 Å². The Morgan fingerprint density at radius 1 is 1.17 bits per heavy atom. The Labute approximate surface area is 211 Å². The summed E-state index contributed by atoms with van der Waals surface area (Å²) in [6, 6.07) is 7.16. The Hall–Kier alpha value is -3.75. The molecule has 192 valence electrons. The summed E-state index contributed by atoms with van der Waals surface area (Å²) in [5.74, 6) is 1.09. The summed E-state index contributed by atoms with van der Waals surface area (Å²) in [5, 5.41) is 6.87. The number of carbonyl (C=O) groups is 2. The predicted molar refractivity (Wildman–Crippen MR) is 136 cm³/mol. The molecule has 1 aliphatic rings. The van der Waals surface area contributed by atoms with Crippen LogP contribution in [0.25, 0.3) is 11.3 Å². The first kappa shape index (κ1) is 25.3.